The molecule has 0 aromatic carbocycles. The number of hydrogen-bond donors (Lipinski definition) is 0. The summed E-state index contributed by atoms with van der Waals surface area (Å²) < 4.78 is 69.5. The van der Waals surface area contributed by atoms with E-state index in [1.807, 2.05) is 6.08 Å². The fraction of sp³-hybridized carbons (Fsp3) is 0.962. The van der Waals surface area contributed by atoms with E-state index in [1.54, 1.807) is 14.2 Å². The molecule has 392 valence electrons. The van der Waals surface area contributed by atoms with Gasteiger partial charge in [0.2, 0.25) is 0 Å². The Bertz CT molecular complexity index is 1490. The van der Waals surface area contributed by atoms with Gasteiger partial charge in [0.05, 0.1) is 49.8 Å². The quantitative estimate of drug-likeness (QED) is 0.0403. The maximum Gasteiger partial charge on any atom is 0.192 e. The first-order valence-electron chi connectivity index (χ1n) is 25.5. The van der Waals surface area contributed by atoms with Gasteiger partial charge < -0.3 is 46.1 Å². The summed E-state index contributed by atoms with van der Waals surface area (Å²) in [4.78, 5) is 0. The van der Waals surface area contributed by atoms with Gasteiger partial charge in [-0.1, -0.05) is 124 Å². The molecule has 0 aromatic rings. The van der Waals surface area contributed by atoms with Crippen LogP contribution in [0, 0.1) is 23.2 Å². The molecule has 0 N–H and O–H groups in total. The van der Waals surface area contributed by atoms with Gasteiger partial charge in [0.25, 0.3) is 0 Å². The van der Waals surface area contributed by atoms with Gasteiger partial charge in [0.15, 0.2) is 39.1 Å². The first kappa shape index (κ1) is 62.3. The lowest BCUT2D eigenvalue weighted by Crippen LogP contribution is -2.61. The largest absolute Gasteiger partial charge is 0.417 e. The highest BCUT2D eigenvalue weighted by molar-refractivity contribution is 6.75. The van der Waals surface area contributed by atoms with E-state index in [9.17, 15) is 0 Å². The second-order valence-electron chi connectivity index (χ2n) is 26.9. The molecule has 14 heteroatoms. The van der Waals surface area contributed by atoms with E-state index in [1.165, 1.54) is 0 Å². The van der Waals surface area contributed by atoms with Crippen molar-refractivity contribution in [2.75, 3.05) is 40.8 Å². The molecule has 2 rings (SSSR count). The SMILES string of the molecule is C=C[C@@H](C)[C@@H](O[Si](C)(C)C(C)(C)C)[C@@H](C)[C@H](C[C@H](OC)[C@H]1O[C@]2(C[C@@H](O[Si](C)(C)C(C)(C)C)[C@H](C)[C@H](CCO[Si](C)(C)C(C)(C)C)O2)C(C)(C)[C@H]1OCOCCOC)O[Si](C)(C)C(C)(C)C. The highest BCUT2D eigenvalue weighted by Gasteiger charge is 2.68. The second kappa shape index (κ2) is 23.0. The van der Waals surface area contributed by atoms with Crippen LogP contribution in [-0.4, -0.2) is 123 Å². The smallest absolute Gasteiger partial charge is 0.192 e. The Balaban J connectivity index is 2.86. The molecular weight excluding hydrogens is 897 g/mol. The van der Waals surface area contributed by atoms with Crippen LogP contribution < -0.4 is 0 Å². The number of ether oxygens (including phenoxy) is 6. The average Bonchev–Trinajstić information content (AvgIpc) is 3.35. The summed E-state index contributed by atoms with van der Waals surface area (Å²) in [5, 5.41) is 0.123. The number of methoxy groups -OCH3 is 2. The summed E-state index contributed by atoms with van der Waals surface area (Å²) >= 11 is 0. The van der Waals surface area contributed by atoms with Crippen LogP contribution in [0.1, 0.15) is 137 Å². The van der Waals surface area contributed by atoms with Crippen molar-refractivity contribution >= 4 is 33.3 Å². The van der Waals surface area contributed by atoms with E-state index >= 15 is 0 Å². The molecule has 0 aliphatic carbocycles. The van der Waals surface area contributed by atoms with E-state index in [0.717, 1.165) is 6.42 Å². The summed E-state index contributed by atoms with van der Waals surface area (Å²) in [6, 6.07) is 0. The molecule has 2 aliphatic rings. The number of hydrogen-bond acceptors (Lipinski definition) is 10. The van der Waals surface area contributed by atoms with Crippen molar-refractivity contribution < 1.29 is 46.1 Å². The Morgan fingerprint density at radius 1 is 0.712 bits per heavy atom. The van der Waals surface area contributed by atoms with Crippen LogP contribution in [0.15, 0.2) is 12.7 Å². The van der Waals surface area contributed by atoms with Gasteiger partial charge in [-0.2, -0.15) is 0 Å². The van der Waals surface area contributed by atoms with Crippen LogP contribution in [0.5, 0.6) is 0 Å². The highest BCUT2D eigenvalue weighted by Crippen LogP contribution is 2.57. The summed E-state index contributed by atoms with van der Waals surface area (Å²) in [7, 11) is -5.31. The lowest BCUT2D eigenvalue weighted by Gasteiger charge is -2.53. The molecule has 0 amide bonds. The fourth-order valence-electron chi connectivity index (χ4n) is 8.29. The maximum absolute atomic E-state index is 7.66. The third-order valence-electron chi connectivity index (χ3n) is 17.6. The van der Waals surface area contributed by atoms with Crippen LogP contribution >= 0.6 is 0 Å². The third-order valence-corrected chi connectivity index (χ3v) is 35.6. The Morgan fingerprint density at radius 3 is 1.70 bits per heavy atom. The zero-order valence-electron chi connectivity index (χ0n) is 48.1. The summed E-state index contributed by atoms with van der Waals surface area (Å²) in [5.74, 6) is -0.869. The lowest BCUT2D eigenvalue weighted by atomic mass is 9.72. The van der Waals surface area contributed by atoms with Crippen LogP contribution in [0.4, 0.5) is 0 Å². The third kappa shape index (κ3) is 14.9. The molecule has 66 heavy (non-hydrogen) atoms. The van der Waals surface area contributed by atoms with E-state index in [4.69, 9.17) is 46.1 Å². The van der Waals surface area contributed by atoms with Crippen molar-refractivity contribution in [3.8, 4) is 0 Å². The molecular formula is C52H108O10Si4. The molecule has 0 aromatic heterocycles. The number of rotatable bonds is 24. The van der Waals surface area contributed by atoms with Gasteiger partial charge in [0.1, 0.15) is 12.9 Å². The zero-order valence-corrected chi connectivity index (χ0v) is 52.1. The molecule has 2 saturated heterocycles. The van der Waals surface area contributed by atoms with Crippen molar-refractivity contribution in [2.24, 2.45) is 23.2 Å². The zero-order chi connectivity index (χ0) is 51.5. The molecule has 0 saturated carbocycles. The minimum atomic E-state index is -2.33. The second-order valence-corrected chi connectivity index (χ2v) is 46.0. The van der Waals surface area contributed by atoms with Gasteiger partial charge in [-0.25, -0.2) is 0 Å². The summed E-state index contributed by atoms with van der Waals surface area (Å²) in [5.41, 5.74) is -0.667. The Labute approximate surface area is 412 Å². The first-order valence-corrected chi connectivity index (χ1v) is 37.1. The van der Waals surface area contributed by atoms with E-state index in [2.05, 4.69) is 177 Å². The fourth-order valence-corrected chi connectivity index (χ4v) is 13.6. The van der Waals surface area contributed by atoms with Crippen molar-refractivity contribution in [3.05, 3.63) is 12.7 Å². The van der Waals surface area contributed by atoms with Crippen LogP contribution in [0.3, 0.4) is 0 Å². The Morgan fingerprint density at radius 2 is 1.23 bits per heavy atom. The first-order chi connectivity index (χ1) is 29.6. The lowest BCUT2D eigenvalue weighted by molar-refractivity contribution is -0.335. The maximum atomic E-state index is 7.66. The van der Waals surface area contributed by atoms with Crippen molar-refractivity contribution in [3.63, 3.8) is 0 Å². The minimum Gasteiger partial charge on any atom is -0.417 e. The van der Waals surface area contributed by atoms with E-state index < -0.39 is 62.8 Å². The molecule has 11 atom stereocenters. The molecule has 2 aliphatic heterocycles. The van der Waals surface area contributed by atoms with Gasteiger partial charge in [-0.3, -0.25) is 0 Å². The predicted molar refractivity (Wildman–Crippen MR) is 286 cm³/mol. The highest BCUT2D eigenvalue weighted by atomic mass is 28.4. The van der Waals surface area contributed by atoms with Gasteiger partial charge in [-0.15, -0.1) is 6.58 Å². The minimum absolute atomic E-state index is 0.00144. The van der Waals surface area contributed by atoms with Crippen molar-refractivity contribution in [1.82, 2.24) is 0 Å². The average molecular weight is 1010 g/mol. The molecule has 10 nitrogen and oxygen atoms in total. The van der Waals surface area contributed by atoms with Crippen molar-refractivity contribution in [2.45, 2.75) is 258 Å². The molecule has 0 radical (unpaired) electrons. The van der Waals surface area contributed by atoms with Gasteiger partial charge >= 0.3 is 0 Å². The summed E-state index contributed by atoms with van der Waals surface area (Å²) in [6.45, 7) is 63.5. The molecule has 0 bridgehead atoms. The molecule has 1 spiro atoms. The predicted octanol–water partition coefficient (Wildman–Crippen LogP) is 14.0. The van der Waals surface area contributed by atoms with Crippen LogP contribution in [0.25, 0.3) is 0 Å². The van der Waals surface area contributed by atoms with E-state index in [0.29, 0.717) is 32.7 Å². The standard InChI is InChI=1S/C52H108O10Si4/c1-29-37(2)44(62-66(27,28)50(14,15)16)39(4)41(60-64(23,24)48(8,9)10)34-42(54-20)45-46(56-36-55-33-32-53-19)51(17,18)52(59-45)35-43(61-65(25,26)49(11,12)13)38(3)40(58-52)30-31-57-63(21,22)47(5,6)7/h29,37-46H,1,30-36H2,2-28H3/t37-,38-,39+,40+,41+,42+,43-,44-,45-,46+,52-/m1/s1. The van der Waals surface area contributed by atoms with Gasteiger partial charge in [0, 0.05) is 50.9 Å². The monoisotopic (exact) mass is 1000 g/mol. The Kier molecular flexibility index (Phi) is 21.7. The Hall–Kier alpha value is 0.208. The van der Waals surface area contributed by atoms with E-state index in [-0.39, 0.29) is 69.1 Å². The van der Waals surface area contributed by atoms with Crippen molar-refractivity contribution in [1.29, 1.82) is 0 Å². The normalized spacial score (nSPS) is 27.5. The molecule has 2 fully saturated rings. The summed E-state index contributed by atoms with van der Waals surface area (Å²) in [6.07, 6.45) is 1.84. The van der Waals surface area contributed by atoms with Crippen LogP contribution in [0.2, 0.25) is 72.5 Å². The molecule has 2 heterocycles. The van der Waals surface area contributed by atoms with Crippen LogP contribution in [-0.2, 0) is 46.1 Å². The topological polar surface area (TPSA) is 92.3 Å². The molecule has 0 unspecified atom stereocenters. The van der Waals surface area contributed by atoms with Gasteiger partial charge in [-0.05, 0) is 84.9 Å².